The van der Waals surface area contributed by atoms with Gasteiger partial charge in [0, 0.05) is 24.6 Å². The fourth-order valence-electron chi connectivity index (χ4n) is 2.47. The van der Waals surface area contributed by atoms with Crippen LogP contribution in [0.5, 0.6) is 0 Å². The predicted molar refractivity (Wildman–Crippen MR) is 68.2 cm³/mol. The highest BCUT2D eigenvalue weighted by molar-refractivity contribution is 7.09. The number of Topliss-reactive ketones (excluding diaryl/α,β-unsaturated/α-hetero) is 1. The summed E-state index contributed by atoms with van der Waals surface area (Å²) in [6.45, 7) is 2.24. The lowest BCUT2D eigenvalue weighted by molar-refractivity contribution is -0.145. The molecule has 0 aromatic carbocycles. The van der Waals surface area contributed by atoms with E-state index in [1.54, 1.807) is 18.8 Å². The fourth-order valence-corrected chi connectivity index (χ4v) is 3.07. The van der Waals surface area contributed by atoms with Crippen LogP contribution < -0.4 is 0 Å². The number of hydrogen-bond donors (Lipinski definition) is 0. The molecule has 0 aliphatic heterocycles. The van der Waals surface area contributed by atoms with Crippen LogP contribution in [0.4, 0.5) is 0 Å². The van der Waals surface area contributed by atoms with Crippen LogP contribution in [0.15, 0.2) is 11.7 Å². The van der Waals surface area contributed by atoms with E-state index in [0.29, 0.717) is 6.42 Å². The van der Waals surface area contributed by atoms with Gasteiger partial charge in [-0.25, -0.2) is 0 Å². The van der Waals surface area contributed by atoms with E-state index >= 15 is 0 Å². The maximum Gasteiger partial charge on any atom is 0.169 e. The molecule has 0 N–H and O–H groups in total. The van der Waals surface area contributed by atoms with Gasteiger partial charge in [0.05, 0.1) is 5.51 Å². The van der Waals surface area contributed by atoms with Crippen LogP contribution in [0.25, 0.3) is 0 Å². The molecule has 1 aromatic rings. The van der Waals surface area contributed by atoms with Crippen molar-refractivity contribution in [3.05, 3.63) is 16.6 Å². The quantitative estimate of drug-likeness (QED) is 0.828. The molecule has 1 saturated carbocycles. The van der Waals surface area contributed by atoms with E-state index in [4.69, 9.17) is 4.74 Å². The molecule has 0 bridgehead atoms. The lowest BCUT2D eigenvalue weighted by atomic mass is 9.76. The summed E-state index contributed by atoms with van der Waals surface area (Å²) in [6, 6.07) is 0. The average Bonchev–Trinajstić information content (AvgIpc) is 2.83. The Morgan fingerprint density at radius 1 is 1.59 bits per heavy atom. The van der Waals surface area contributed by atoms with Crippen molar-refractivity contribution in [3.8, 4) is 0 Å². The van der Waals surface area contributed by atoms with Crippen molar-refractivity contribution >= 4 is 17.1 Å². The highest BCUT2D eigenvalue weighted by Gasteiger charge is 2.40. The first-order valence-electron chi connectivity index (χ1n) is 6.12. The third kappa shape index (κ3) is 2.75. The summed E-state index contributed by atoms with van der Waals surface area (Å²) in [6.07, 6.45) is 6.14. The molecule has 94 valence electrons. The number of methoxy groups -OCH3 is 1. The van der Waals surface area contributed by atoms with Crippen molar-refractivity contribution in [2.24, 2.45) is 5.92 Å². The Morgan fingerprint density at radius 2 is 2.29 bits per heavy atom. The summed E-state index contributed by atoms with van der Waals surface area (Å²) < 4.78 is 5.57. The molecule has 3 nitrogen and oxygen atoms in total. The van der Waals surface area contributed by atoms with Crippen LogP contribution in [0.3, 0.4) is 0 Å². The van der Waals surface area contributed by atoms with Crippen LogP contribution >= 0.6 is 11.3 Å². The normalized spacial score (nSPS) is 29.2. The molecule has 0 amide bonds. The topological polar surface area (TPSA) is 39.2 Å². The van der Waals surface area contributed by atoms with Crippen LogP contribution in [-0.2, 0) is 16.0 Å². The third-order valence-corrected chi connectivity index (χ3v) is 4.58. The second kappa shape index (κ2) is 5.27. The van der Waals surface area contributed by atoms with Gasteiger partial charge in [-0.2, -0.15) is 0 Å². The molecular formula is C13H19NO2S. The lowest BCUT2D eigenvalue weighted by Crippen LogP contribution is -2.44. The smallest absolute Gasteiger partial charge is 0.169 e. The first-order chi connectivity index (χ1) is 8.16. The van der Waals surface area contributed by atoms with Gasteiger partial charge in [0.1, 0.15) is 5.60 Å². The van der Waals surface area contributed by atoms with E-state index in [2.05, 4.69) is 11.9 Å². The van der Waals surface area contributed by atoms with Crippen LogP contribution in [0.2, 0.25) is 0 Å². The summed E-state index contributed by atoms with van der Waals surface area (Å²) in [5, 5.41) is 0. The Hall–Kier alpha value is -0.740. The SMILES string of the molecule is COC1(C(=O)Cc2cncs2)CCC(C)CC1. The van der Waals surface area contributed by atoms with Gasteiger partial charge in [-0.15, -0.1) is 11.3 Å². The lowest BCUT2D eigenvalue weighted by Gasteiger charge is -2.36. The molecule has 2 rings (SSSR count). The first kappa shape index (κ1) is 12.7. The second-order valence-corrected chi connectivity index (χ2v) is 5.92. The monoisotopic (exact) mass is 253 g/mol. The summed E-state index contributed by atoms with van der Waals surface area (Å²) in [5.74, 6) is 0.936. The van der Waals surface area contributed by atoms with Gasteiger partial charge in [-0.1, -0.05) is 6.92 Å². The fraction of sp³-hybridized carbons (Fsp3) is 0.692. The molecule has 1 aliphatic carbocycles. The van der Waals surface area contributed by atoms with Crippen molar-refractivity contribution < 1.29 is 9.53 Å². The van der Waals surface area contributed by atoms with Gasteiger partial charge in [-0.3, -0.25) is 9.78 Å². The largest absolute Gasteiger partial charge is 0.370 e. The maximum absolute atomic E-state index is 12.4. The Kier molecular flexibility index (Phi) is 3.94. The van der Waals surface area contributed by atoms with E-state index in [1.807, 2.05) is 0 Å². The molecule has 0 radical (unpaired) electrons. The van der Waals surface area contributed by atoms with Crippen molar-refractivity contribution in [2.75, 3.05) is 7.11 Å². The Labute approximate surface area is 106 Å². The van der Waals surface area contributed by atoms with Crippen LogP contribution in [0.1, 0.15) is 37.5 Å². The van der Waals surface area contributed by atoms with Crippen molar-refractivity contribution in [1.29, 1.82) is 0 Å². The van der Waals surface area contributed by atoms with E-state index < -0.39 is 5.60 Å². The zero-order chi connectivity index (χ0) is 12.3. The van der Waals surface area contributed by atoms with Crippen molar-refractivity contribution in [3.63, 3.8) is 0 Å². The zero-order valence-corrected chi connectivity index (χ0v) is 11.3. The molecule has 0 saturated heterocycles. The maximum atomic E-state index is 12.4. The number of ketones is 1. The minimum absolute atomic E-state index is 0.219. The highest BCUT2D eigenvalue weighted by atomic mass is 32.1. The molecule has 4 heteroatoms. The number of ether oxygens (including phenoxy) is 1. The van der Waals surface area contributed by atoms with Gasteiger partial charge in [0.25, 0.3) is 0 Å². The van der Waals surface area contributed by atoms with Crippen molar-refractivity contribution in [1.82, 2.24) is 4.98 Å². The molecule has 1 aromatic heterocycles. The minimum atomic E-state index is -0.531. The number of hydrogen-bond acceptors (Lipinski definition) is 4. The first-order valence-corrected chi connectivity index (χ1v) is 7.00. The summed E-state index contributed by atoms with van der Waals surface area (Å²) in [7, 11) is 1.67. The third-order valence-electron chi connectivity index (χ3n) is 3.80. The minimum Gasteiger partial charge on any atom is -0.370 e. The number of carbonyl (C=O) groups excluding carboxylic acids is 1. The van der Waals surface area contributed by atoms with Gasteiger partial charge < -0.3 is 4.74 Å². The van der Waals surface area contributed by atoms with Gasteiger partial charge in [0.15, 0.2) is 5.78 Å². The van der Waals surface area contributed by atoms with E-state index in [0.717, 1.165) is 36.5 Å². The van der Waals surface area contributed by atoms with Crippen LogP contribution in [-0.4, -0.2) is 23.5 Å². The van der Waals surface area contributed by atoms with E-state index in [9.17, 15) is 4.79 Å². The van der Waals surface area contributed by atoms with E-state index in [-0.39, 0.29) is 5.78 Å². The van der Waals surface area contributed by atoms with E-state index in [1.165, 1.54) is 11.3 Å². The molecule has 0 unspecified atom stereocenters. The Bertz CT molecular complexity index is 367. The van der Waals surface area contributed by atoms with Gasteiger partial charge in [0.2, 0.25) is 0 Å². The highest BCUT2D eigenvalue weighted by Crippen LogP contribution is 2.35. The second-order valence-electron chi connectivity index (χ2n) is 4.95. The summed E-state index contributed by atoms with van der Waals surface area (Å²) >= 11 is 1.54. The number of rotatable bonds is 4. The standard InChI is InChI=1S/C13H19NO2S/c1-10-3-5-13(16-2,6-4-10)12(15)7-11-8-14-9-17-11/h8-10H,3-7H2,1-2H3. The summed E-state index contributed by atoms with van der Waals surface area (Å²) in [5.41, 5.74) is 1.24. The molecule has 1 fully saturated rings. The van der Waals surface area contributed by atoms with Crippen LogP contribution in [0, 0.1) is 5.92 Å². The molecular weight excluding hydrogens is 234 g/mol. The Morgan fingerprint density at radius 3 is 2.82 bits per heavy atom. The van der Waals surface area contributed by atoms with Gasteiger partial charge in [-0.05, 0) is 31.6 Å². The average molecular weight is 253 g/mol. The zero-order valence-electron chi connectivity index (χ0n) is 10.4. The molecule has 0 spiro atoms. The number of thiazole rings is 1. The molecule has 1 heterocycles. The van der Waals surface area contributed by atoms with Crippen molar-refractivity contribution in [2.45, 2.75) is 44.6 Å². The van der Waals surface area contributed by atoms with Gasteiger partial charge >= 0.3 is 0 Å². The number of nitrogens with zero attached hydrogens (tertiary/aromatic N) is 1. The predicted octanol–water partition coefficient (Wildman–Crippen LogP) is 2.85. The summed E-state index contributed by atoms with van der Waals surface area (Å²) in [4.78, 5) is 17.4. The number of aromatic nitrogens is 1. The Balaban J connectivity index is 2.05. The molecule has 0 atom stereocenters. The molecule has 1 aliphatic rings. The molecule has 17 heavy (non-hydrogen) atoms. The number of carbonyl (C=O) groups is 1.